The minimum atomic E-state index is -0.833. The number of carboxylic acids is 1. The summed E-state index contributed by atoms with van der Waals surface area (Å²) in [6.45, 7) is 1.08. The fraction of sp³-hybridized carbons (Fsp3) is 0.167. The third-order valence-electron chi connectivity index (χ3n) is 0.774. The highest BCUT2D eigenvalue weighted by Crippen LogP contribution is 1.90. The van der Waals surface area contributed by atoms with E-state index >= 15 is 0 Å². The zero-order valence-electron chi connectivity index (χ0n) is 6.63. The number of carbonyl (C=O) groups is 1. The second-order valence-electron chi connectivity index (χ2n) is 1.94. The first-order valence-corrected chi connectivity index (χ1v) is 3.48. The minimum absolute atomic E-state index is 0.0189. The molecule has 0 amide bonds. The average molecular weight is 207 g/mol. The van der Waals surface area contributed by atoms with Crippen molar-refractivity contribution in [3.05, 3.63) is 32.1 Å². The van der Waals surface area contributed by atoms with E-state index in [9.17, 15) is 9.59 Å². The second-order valence-corrected chi connectivity index (χ2v) is 2.35. The quantitative estimate of drug-likeness (QED) is 0.547. The van der Waals surface area contributed by atoms with Crippen molar-refractivity contribution in [1.29, 1.82) is 0 Å². The third-order valence-corrected chi connectivity index (χ3v) is 1.05. The fourth-order valence-corrected chi connectivity index (χ4v) is 0.495. The SMILES string of the molecule is CC(=O)O.O=c1[nH]cc(Cl)c(=O)[nH]1. The highest BCUT2D eigenvalue weighted by Gasteiger charge is 1.91. The van der Waals surface area contributed by atoms with E-state index in [1.54, 1.807) is 0 Å². The van der Waals surface area contributed by atoms with Crippen LogP contribution in [0.1, 0.15) is 6.92 Å². The predicted molar refractivity (Wildman–Crippen MR) is 46.0 cm³/mol. The summed E-state index contributed by atoms with van der Waals surface area (Å²) in [6.07, 6.45) is 1.14. The summed E-state index contributed by atoms with van der Waals surface area (Å²) in [5, 5.41) is 7.40. The van der Waals surface area contributed by atoms with Gasteiger partial charge in [0.05, 0.1) is 0 Å². The Labute approximate surface area is 77.2 Å². The van der Waals surface area contributed by atoms with Crippen molar-refractivity contribution in [3.63, 3.8) is 0 Å². The maximum Gasteiger partial charge on any atom is 0.325 e. The van der Waals surface area contributed by atoms with Crippen LogP contribution in [0.4, 0.5) is 0 Å². The Morgan fingerprint density at radius 3 is 2.31 bits per heavy atom. The van der Waals surface area contributed by atoms with Gasteiger partial charge >= 0.3 is 5.69 Å². The van der Waals surface area contributed by atoms with Crippen molar-refractivity contribution in [2.45, 2.75) is 6.92 Å². The summed E-state index contributed by atoms with van der Waals surface area (Å²) in [4.78, 5) is 33.8. The molecular weight excluding hydrogens is 200 g/mol. The van der Waals surface area contributed by atoms with Gasteiger partial charge in [0.1, 0.15) is 5.02 Å². The number of halogens is 1. The number of hydrogen-bond donors (Lipinski definition) is 3. The van der Waals surface area contributed by atoms with Gasteiger partial charge in [-0.05, 0) is 0 Å². The Balaban J connectivity index is 0.000000310. The number of rotatable bonds is 0. The number of carboxylic acid groups (broad SMARTS) is 1. The highest BCUT2D eigenvalue weighted by molar-refractivity contribution is 6.30. The molecule has 0 radical (unpaired) electrons. The van der Waals surface area contributed by atoms with E-state index in [0.717, 1.165) is 13.1 Å². The lowest BCUT2D eigenvalue weighted by atomic mass is 10.7. The normalized spacial score (nSPS) is 8.46. The maximum absolute atomic E-state index is 10.4. The van der Waals surface area contributed by atoms with Crippen LogP contribution in [0.3, 0.4) is 0 Å². The second kappa shape index (κ2) is 5.15. The Hall–Kier alpha value is -1.56. The Kier molecular flexibility index (Phi) is 4.53. The van der Waals surface area contributed by atoms with Crippen LogP contribution in [0.25, 0.3) is 0 Å². The van der Waals surface area contributed by atoms with Crippen LogP contribution in [0.2, 0.25) is 5.02 Å². The number of hydrogen-bond acceptors (Lipinski definition) is 3. The van der Waals surface area contributed by atoms with Gasteiger partial charge in [-0.2, -0.15) is 0 Å². The van der Waals surface area contributed by atoms with Gasteiger partial charge in [-0.25, -0.2) is 4.79 Å². The smallest absolute Gasteiger partial charge is 0.325 e. The molecule has 1 rings (SSSR count). The molecule has 7 heteroatoms. The van der Waals surface area contributed by atoms with Crippen LogP contribution in [0, 0.1) is 0 Å². The minimum Gasteiger partial charge on any atom is -0.481 e. The van der Waals surface area contributed by atoms with E-state index < -0.39 is 17.2 Å². The van der Waals surface area contributed by atoms with Crippen molar-refractivity contribution >= 4 is 17.6 Å². The van der Waals surface area contributed by atoms with Crippen molar-refractivity contribution < 1.29 is 9.90 Å². The summed E-state index contributed by atoms with van der Waals surface area (Å²) in [5.41, 5.74) is -1.12. The highest BCUT2D eigenvalue weighted by atomic mass is 35.5. The summed E-state index contributed by atoms with van der Waals surface area (Å²) in [6, 6.07) is 0. The number of aliphatic carboxylic acids is 1. The molecule has 13 heavy (non-hydrogen) atoms. The molecule has 0 saturated carbocycles. The zero-order chi connectivity index (χ0) is 10.4. The van der Waals surface area contributed by atoms with Gasteiger partial charge < -0.3 is 10.1 Å². The van der Waals surface area contributed by atoms with Crippen molar-refractivity contribution in [1.82, 2.24) is 9.97 Å². The number of aromatic amines is 2. The molecular formula is C6H7ClN2O4. The first-order chi connectivity index (χ1) is 5.93. The van der Waals surface area contributed by atoms with Crippen LogP contribution in [-0.2, 0) is 4.79 Å². The zero-order valence-corrected chi connectivity index (χ0v) is 7.38. The van der Waals surface area contributed by atoms with Gasteiger partial charge in [0.25, 0.3) is 11.5 Å². The van der Waals surface area contributed by atoms with E-state index in [1.807, 2.05) is 4.98 Å². The molecule has 0 aliphatic carbocycles. The molecule has 6 nitrogen and oxygen atoms in total. The number of nitrogens with one attached hydrogen (secondary N) is 2. The first-order valence-electron chi connectivity index (χ1n) is 3.10. The summed E-state index contributed by atoms with van der Waals surface area (Å²) >= 11 is 5.27. The molecule has 1 aromatic rings. The molecule has 72 valence electrons. The van der Waals surface area contributed by atoms with Gasteiger partial charge in [-0.3, -0.25) is 14.6 Å². The molecule has 1 aromatic heterocycles. The lowest BCUT2D eigenvalue weighted by Gasteiger charge is -1.82. The van der Waals surface area contributed by atoms with Crippen LogP contribution in [0.5, 0.6) is 0 Å². The first kappa shape index (κ1) is 11.4. The molecule has 1 heterocycles. The molecule has 0 aromatic carbocycles. The molecule has 3 N–H and O–H groups in total. The molecule has 0 fully saturated rings. The van der Waals surface area contributed by atoms with Gasteiger partial charge in [0.15, 0.2) is 0 Å². The van der Waals surface area contributed by atoms with E-state index in [1.165, 1.54) is 0 Å². The van der Waals surface area contributed by atoms with E-state index in [0.29, 0.717) is 0 Å². The van der Waals surface area contributed by atoms with Crippen LogP contribution < -0.4 is 11.2 Å². The Morgan fingerprint density at radius 2 is 2.00 bits per heavy atom. The largest absolute Gasteiger partial charge is 0.481 e. The van der Waals surface area contributed by atoms with Crippen molar-refractivity contribution in [3.8, 4) is 0 Å². The average Bonchev–Trinajstić information content (AvgIpc) is 1.96. The molecule has 0 aliphatic rings. The van der Waals surface area contributed by atoms with E-state index in [2.05, 4.69) is 4.98 Å². The molecule has 0 spiro atoms. The summed E-state index contributed by atoms with van der Waals surface area (Å²) in [7, 11) is 0. The fourth-order valence-electron chi connectivity index (χ4n) is 0.393. The lowest BCUT2D eigenvalue weighted by molar-refractivity contribution is -0.134. The van der Waals surface area contributed by atoms with Gasteiger partial charge in [-0.1, -0.05) is 11.6 Å². The third kappa shape index (κ3) is 5.68. The van der Waals surface area contributed by atoms with Gasteiger partial charge in [-0.15, -0.1) is 0 Å². The number of H-pyrrole nitrogens is 2. The molecule has 0 aliphatic heterocycles. The van der Waals surface area contributed by atoms with Crippen molar-refractivity contribution in [2.75, 3.05) is 0 Å². The summed E-state index contributed by atoms with van der Waals surface area (Å²) < 4.78 is 0. The van der Waals surface area contributed by atoms with E-state index in [-0.39, 0.29) is 5.02 Å². The van der Waals surface area contributed by atoms with Gasteiger partial charge in [0.2, 0.25) is 0 Å². The van der Waals surface area contributed by atoms with Gasteiger partial charge in [0, 0.05) is 13.1 Å². The van der Waals surface area contributed by atoms with Crippen molar-refractivity contribution in [2.24, 2.45) is 0 Å². The standard InChI is InChI=1S/C4H3ClN2O2.C2H4O2/c5-2-1-6-4(9)7-3(2)8;1-2(3)4/h1H,(H2,6,7,8,9);1H3,(H,3,4). The summed E-state index contributed by atoms with van der Waals surface area (Å²) in [5.74, 6) is -0.833. The Bertz CT molecular complexity index is 390. The number of aromatic nitrogens is 2. The topological polar surface area (TPSA) is 103 Å². The molecule has 0 unspecified atom stereocenters. The Morgan fingerprint density at radius 1 is 1.54 bits per heavy atom. The molecule has 0 saturated heterocycles. The van der Waals surface area contributed by atoms with Crippen LogP contribution >= 0.6 is 11.6 Å². The van der Waals surface area contributed by atoms with E-state index in [4.69, 9.17) is 21.5 Å². The molecule has 0 bridgehead atoms. The monoisotopic (exact) mass is 206 g/mol. The lowest BCUT2D eigenvalue weighted by Crippen LogP contribution is -2.20. The van der Waals surface area contributed by atoms with Crippen LogP contribution in [0.15, 0.2) is 15.8 Å². The van der Waals surface area contributed by atoms with Crippen LogP contribution in [-0.4, -0.2) is 21.0 Å². The maximum atomic E-state index is 10.4. The molecule has 0 atom stereocenters. The predicted octanol–water partition coefficient (Wildman–Crippen LogP) is -0.193.